The van der Waals surface area contributed by atoms with Crippen LogP contribution in [0, 0.1) is 13.8 Å². The standard InChI is InChI=1S/C20H21N3O3/c1-13-19(14(2)23(22-13)15-8-6-5-7-9-15)20(24)21-17-11-10-16(25-3)12-18(17)26-4/h5-12H,1-4H3,(H,21,24). The number of aromatic nitrogens is 2. The molecule has 0 saturated heterocycles. The van der Waals surface area contributed by atoms with Gasteiger partial charge in [0.25, 0.3) is 5.91 Å². The number of ether oxygens (including phenoxy) is 2. The number of hydrogen-bond donors (Lipinski definition) is 1. The molecule has 134 valence electrons. The molecular weight excluding hydrogens is 330 g/mol. The summed E-state index contributed by atoms with van der Waals surface area (Å²) in [6.07, 6.45) is 0. The Morgan fingerprint density at radius 3 is 2.42 bits per heavy atom. The van der Waals surface area contributed by atoms with E-state index in [1.165, 1.54) is 0 Å². The van der Waals surface area contributed by atoms with E-state index in [1.54, 1.807) is 37.1 Å². The molecule has 1 aromatic heterocycles. The number of hydrogen-bond acceptors (Lipinski definition) is 4. The largest absolute Gasteiger partial charge is 0.497 e. The Kier molecular flexibility index (Phi) is 4.93. The summed E-state index contributed by atoms with van der Waals surface area (Å²) in [5.74, 6) is 0.957. The number of carbonyl (C=O) groups excluding carboxylic acids is 1. The predicted molar refractivity (Wildman–Crippen MR) is 101 cm³/mol. The van der Waals surface area contributed by atoms with E-state index < -0.39 is 0 Å². The number of para-hydroxylation sites is 1. The maximum absolute atomic E-state index is 12.9. The third-order valence-corrected chi connectivity index (χ3v) is 4.18. The van der Waals surface area contributed by atoms with Crippen molar-refractivity contribution in [3.63, 3.8) is 0 Å². The van der Waals surface area contributed by atoms with Gasteiger partial charge in [0, 0.05) is 6.07 Å². The lowest BCUT2D eigenvalue weighted by atomic mass is 10.1. The van der Waals surface area contributed by atoms with E-state index in [-0.39, 0.29) is 5.91 Å². The second-order valence-corrected chi connectivity index (χ2v) is 5.81. The van der Waals surface area contributed by atoms with Gasteiger partial charge in [-0.1, -0.05) is 18.2 Å². The number of nitrogens with one attached hydrogen (secondary N) is 1. The van der Waals surface area contributed by atoms with Crippen LogP contribution >= 0.6 is 0 Å². The Morgan fingerprint density at radius 2 is 1.77 bits per heavy atom. The molecule has 0 fully saturated rings. The summed E-state index contributed by atoms with van der Waals surface area (Å²) in [4.78, 5) is 12.9. The van der Waals surface area contributed by atoms with Gasteiger partial charge in [-0.05, 0) is 38.1 Å². The summed E-state index contributed by atoms with van der Waals surface area (Å²) in [6.45, 7) is 3.71. The van der Waals surface area contributed by atoms with Gasteiger partial charge in [0.05, 0.1) is 42.5 Å². The molecule has 6 nitrogen and oxygen atoms in total. The normalized spacial score (nSPS) is 10.5. The SMILES string of the molecule is COc1ccc(NC(=O)c2c(C)nn(-c3ccccc3)c2C)c(OC)c1. The molecule has 0 spiro atoms. The first-order chi connectivity index (χ1) is 12.5. The van der Waals surface area contributed by atoms with Gasteiger partial charge >= 0.3 is 0 Å². The third-order valence-electron chi connectivity index (χ3n) is 4.18. The minimum Gasteiger partial charge on any atom is -0.497 e. The van der Waals surface area contributed by atoms with Crippen molar-refractivity contribution in [2.75, 3.05) is 19.5 Å². The topological polar surface area (TPSA) is 65.4 Å². The van der Waals surface area contributed by atoms with E-state index in [9.17, 15) is 4.79 Å². The molecule has 0 unspecified atom stereocenters. The van der Waals surface area contributed by atoms with Crippen LogP contribution in [-0.2, 0) is 0 Å². The molecule has 1 heterocycles. The number of nitrogens with zero attached hydrogens (tertiary/aromatic N) is 2. The monoisotopic (exact) mass is 351 g/mol. The van der Waals surface area contributed by atoms with Crippen molar-refractivity contribution in [3.05, 3.63) is 65.5 Å². The van der Waals surface area contributed by atoms with Crippen LogP contribution in [0.2, 0.25) is 0 Å². The highest BCUT2D eigenvalue weighted by Gasteiger charge is 2.20. The Hall–Kier alpha value is -3.28. The first-order valence-corrected chi connectivity index (χ1v) is 8.20. The molecule has 0 aliphatic heterocycles. The van der Waals surface area contributed by atoms with Gasteiger partial charge in [-0.3, -0.25) is 4.79 Å². The van der Waals surface area contributed by atoms with E-state index in [0.717, 1.165) is 11.4 Å². The van der Waals surface area contributed by atoms with Gasteiger partial charge in [0.15, 0.2) is 0 Å². The van der Waals surface area contributed by atoms with E-state index in [4.69, 9.17) is 9.47 Å². The fourth-order valence-corrected chi connectivity index (χ4v) is 2.88. The zero-order chi connectivity index (χ0) is 18.7. The van der Waals surface area contributed by atoms with Crippen molar-refractivity contribution in [2.45, 2.75) is 13.8 Å². The zero-order valence-corrected chi connectivity index (χ0v) is 15.2. The molecule has 26 heavy (non-hydrogen) atoms. The molecule has 0 saturated carbocycles. The summed E-state index contributed by atoms with van der Waals surface area (Å²) < 4.78 is 12.3. The molecule has 1 amide bonds. The van der Waals surface area contributed by atoms with Gasteiger partial charge < -0.3 is 14.8 Å². The highest BCUT2D eigenvalue weighted by atomic mass is 16.5. The summed E-state index contributed by atoms with van der Waals surface area (Å²) in [5, 5.41) is 7.42. The van der Waals surface area contributed by atoms with Gasteiger partial charge in [-0.2, -0.15) is 5.10 Å². The van der Waals surface area contributed by atoms with Crippen LogP contribution in [0.4, 0.5) is 5.69 Å². The quantitative estimate of drug-likeness (QED) is 0.760. The van der Waals surface area contributed by atoms with E-state index in [0.29, 0.717) is 28.4 Å². The summed E-state index contributed by atoms with van der Waals surface area (Å²) in [5.41, 5.74) is 3.47. The Bertz CT molecular complexity index is 933. The molecule has 1 N–H and O–H groups in total. The summed E-state index contributed by atoms with van der Waals surface area (Å²) >= 11 is 0. The Morgan fingerprint density at radius 1 is 1.04 bits per heavy atom. The molecule has 0 aliphatic rings. The molecule has 0 aliphatic carbocycles. The van der Waals surface area contributed by atoms with Crippen LogP contribution in [-0.4, -0.2) is 29.9 Å². The lowest BCUT2D eigenvalue weighted by molar-refractivity contribution is 0.102. The summed E-state index contributed by atoms with van der Waals surface area (Å²) in [7, 11) is 3.13. The maximum Gasteiger partial charge on any atom is 0.259 e. The fraction of sp³-hybridized carbons (Fsp3) is 0.200. The number of aryl methyl sites for hydroxylation is 1. The van der Waals surface area contributed by atoms with Crippen molar-refractivity contribution >= 4 is 11.6 Å². The van der Waals surface area contributed by atoms with E-state index in [2.05, 4.69) is 10.4 Å². The minimum absolute atomic E-state index is 0.231. The van der Waals surface area contributed by atoms with Crippen molar-refractivity contribution < 1.29 is 14.3 Å². The minimum atomic E-state index is -0.231. The lowest BCUT2D eigenvalue weighted by Gasteiger charge is -2.12. The van der Waals surface area contributed by atoms with Crippen LogP contribution in [0.25, 0.3) is 5.69 Å². The Balaban J connectivity index is 1.93. The number of methoxy groups -OCH3 is 2. The second kappa shape index (κ2) is 7.31. The summed E-state index contributed by atoms with van der Waals surface area (Å²) in [6, 6.07) is 15.0. The smallest absolute Gasteiger partial charge is 0.259 e. The molecule has 6 heteroatoms. The van der Waals surface area contributed by atoms with Gasteiger partial charge in [-0.15, -0.1) is 0 Å². The van der Waals surface area contributed by atoms with Crippen molar-refractivity contribution in [2.24, 2.45) is 0 Å². The average Bonchev–Trinajstić information content (AvgIpc) is 2.97. The van der Waals surface area contributed by atoms with Crippen molar-refractivity contribution in [1.82, 2.24) is 9.78 Å². The lowest BCUT2D eigenvalue weighted by Crippen LogP contribution is -2.15. The van der Waals surface area contributed by atoms with Crippen LogP contribution in [0.1, 0.15) is 21.7 Å². The molecule has 0 atom stereocenters. The predicted octanol–water partition coefficient (Wildman–Crippen LogP) is 3.76. The van der Waals surface area contributed by atoms with Gasteiger partial charge in [0.1, 0.15) is 11.5 Å². The second-order valence-electron chi connectivity index (χ2n) is 5.81. The van der Waals surface area contributed by atoms with Crippen LogP contribution in [0.15, 0.2) is 48.5 Å². The highest BCUT2D eigenvalue weighted by Crippen LogP contribution is 2.30. The highest BCUT2D eigenvalue weighted by molar-refractivity contribution is 6.06. The average molecular weight is 351 g/mol. The Labute approximate surface area is 152 Å². The van der Waals surface area contributed by atoms with E-state index >= 15 is 0 Å². The number of rotatable bonds is 5. The number of benzene rings is 2. The van der Waals surface area contributed by atoms with Crippen molar-refractivity contribution in [1.29, 1.82) is 0 Å². The van der Waals surface area contributed by atoms with Crippen LogP contribution in [0.5, 0.6) is 11.5 Å². The molecule has 3 aromatic rings. The first kappa shape index (κ1) is 17.5. The number of anilines is 1. The molecule has 0 bridgehead atoms. The van der Waals surface area contributed by atoms with E-state index in [1.807, 2.05) is 44.2 Å². The fourth-order valence-electron chi connectivity index (χ4n) is 2.88. The molecule has 0 radical (unpaired) electrons. The molecule has 2 aromatic carbocycles. The molecule has 3 rings (SSSR count). The van der Waals surface area contributed by atoms with Crippen molar-refractivity contribution in [3.8, 4) is 17.2 Å². The zero-order valence-electron chi connectivity index (χ0n) is 15.2. The van der Waals surface area contributed by atoms with Gasteiger partial charge in [-0.25, -0.2) is 4.68 Å². The van der Waals surface area contributed by atoms with Gasteiger partial charge in [0.2, 0.25) is 0 Å². The molecular formula is C20H21N3O3. The first-order valence-electron chi connectivity index (χ1n) is 8.20. The maximum atomic E-state index is 12.9. The van der Waals surface area contributed by atoms with Crippen LogP contribution in [0.3, 0.4) is 0 Å². The third kappa shape index (κ3) is 3.26. The number of amides is 1. The van der Waals surface area contributed by atoms with Crippen LogP contribution < -0.4 is 14.8 Å². The number of carbonyl (C=O) groups is 1.